The molecule has 0 saturated heterocycles. The van der Waals surface area contributed by atoms with Gasteiger partial charge >= 0.3 is 12.1 Å². The van der Waals surface area contributed by atoms with E-state index in [0.717, 1.165) is 22.3 Å². The van der Waals surface area contributed by atoms with Gasteiger partial charge in [-0.25, -0.2) is 9.59 Å². The lowest BCUT2D eigenvalue weighted by molar-refractivity contribution is 0.0690. The Morgan fingerprint density at radius 3 is 2.26 bits per heavy atom. The zero-order chi connectivity index (χ0) is 19.0. The van der Waals surface area contributed by atoms with Gasteiger partial charge in [0.15, 0.2) is 11.5 Å². The maximum Gasteiger partial charge on any atom is 0.412 e. The first-order valence-electron chi connectivity index (χ1n) is 8.15. The fourth-order valence-corrected chi connectivity index (χ4v) is 3.50. The van der Waals surface area contributed by atoms with Crippen molar-refractivity contribution in [2.75, 3.05) is 11.9 Å². The molecule has 0 radical (unpaired) electrons. The molecule has 1 amide bonds. The van der Waals surface area contributed by atoms with E-state index in [4.69, 9.17) is 21.4 Å². The molecule has 136 valence electrons. The molecule has 8 heteroatoms. The van der Waals surface area contributed by atoms with Crippen molar-refractivity contribution in [1.82, 2.24) is 10.2 Å². The smallest absolute Gasteiger partial charge is 0.412 e. The summed E-state index contributed by atoms with van der Waals surface area (Å²) in [5.41, 5.74) is 4.15. The van der Waals surface area contributed by atoms with Gasteiger partial charge in [0, 0.05) is 5.92 Å². The van der Waals surface area contributed by atoms with Crippen LogP contribution in [-0.2, 0) is 4.74 Å². The molecular weight excluding hydrogens is 370 g/mol. The predicted molar refractivity (Wildman–Crippen MR) is 99.2 cm³/mol. The van der Waals surface area contributed by atoms with Crippen molar-refractivity contribution in [2.45, 2.75) is 5.92 Å². The molecule has 1 aliphatic rings. The van der Waals surface area contributed by atoms with Crippen molar-refractivity contribution in [3.63, 3.8) is 0 Å². The highest BCUT2D eigenvalue weighted by Gasteiger charge is 2.29. The van der Waals surface area contributed by atoms with Gasteiger partial charge in [-0.05, 0) is 22.3 Å². The number of H-pyrrole nitrogens is 1. The van der Waals surface area contributed by atoms with Crippen LogP contribution in [0.1, 0.15) is 27.5 Å². The fourth-order valence-electron chi connectivity index (χ4n) is 3.28. The third-order valence-electron chi connectivity index (χ3n) is 4.48. The van der Waals surface area contributed by atoms with Crippen LogP contribution < -0.4 is 5.32 Å². The number of halogens is 1. The van der Waals surface area contributed by atoms with Gasteiger partial charge in [0.2, 0.25) is 0 Å². The van der Waals surface area contributed by atoms with E-state index in [1.165, 1.54) is 0 Å². The number of nitrogens with zero attached hydrogens (tertiary/aromatic N) is 1. The van der Waals surface area contributed by atoms with Gasteiger partial charge in [-0.1, -0.05) is 60.1 Å². The molecule has 3 N–H and O–H groups in total. The molecule has 0 unspecified atom stereocenters. The minimum atomic E-state index is -1.27. The molecule has 1 aliphatic carbocycles. The van der Waals surface area contributed by atoms with Crippen LogP contribution in [0.15, 0.2) is 48.5 Å². The Bertz CT molecular complexity index is 1000. The van der Waals surface area contributed by atoms with Crippen LogP contribution in [0.2, 0.25) is 5.02 Å². The summed E-state index contributed by atoms with van der Waals surface area (Å²) in [5, 5.41) is 17.0. The van der Waals surface area contributed by atoms with Crippen LogP contribution in [0, 0.1) is 0 Å². The number of carbonyl (C=O) groups is 2. The number of aromatic amines is 1. The fraction of sp³-hybridized carbons (Fsp3) is 0.105. The van der Waals surface area contributed by atoms with Crippen molar-refractivity contribution in [2.24, 2.45) is 0 Å². The third-order valence-corrected chi connectivity index (χ3v) is 4.85. The van der Waals surface area contributed by atoms with E-state index in [1.807, 2.05) is 48.5 Å². The zero-order valence-corrected chi connectivity index (χ0v) is 14.7. The maximum absolute atomic E-state index is 12.1. The first-order valence-corrected chi connectivity index (χ1v) is 8.53. The number of aromatic carboxylic acids is 1. The van der Waals surface area contributed by atoms with Crippen molar-refractivity contribution in [1.29, 1.82) is 0 Å². The van der Waals surface area contributed by atoms with Gasteiger partial charge in [0.05, 0.1) is 0 Å². The van der Waals surface area contributed by atoms with E-state index in [9.17, 15) is 9.59 Å². The highest BCUT2D eigenvalue weighted by atomic mass is 35.5. The molecule has 2 aromatic carbocycles. The molecule has 1 aromatic heterocycles. The molecule has 4 rings (SSSR count). The Labute approximate surface area is 158 Å². The lowest BCUT2D eigenvalue weighted by Gasteiger charge is -2.14. The molecule has 0 bridgehead atoms. The van der Waals surface area contributed by atoms with E-state index in [0.29, 0.717) is 0 Å². The van der Waals surface area contributed by atoms with Crippen LogP contribution in [0.25, 0.3) is 11.1 Å². The van der Waals surface area contributed by atoms with Crippen molar-refractivity contribution < 1.29 is 19.4 Å². The van der Waals surface area contributed by atoms with Crippen LogP contribution in [0.5, 0.6) is 0 Å². The van der Waals surface area contributed by atoms with Crippen molar-refractivity contribution in [3.05, 3.63) is 70.4 Å². The number of aromatic nitrogens is 2. The monoisotopic (exact) mass is 383 g/mol. The molecule has 3 aromatic rings. The number of carbonyl (C=O) groups excluding carboxylic acids is 1. The third kappa shape index (κ3) is 3.02. The van der Waals surface area contributed by atoms with Gasteiger partial charge in [-0.15, -0.1) is 0 Å². The summed E-state index contributed by atoms with van der Waals surface area (Å²) < 4.78 is 5.36. The van der Waals surface area contributed by atoms with Crippen molar-refractivity contribution >= 4 is 29.5 Å². The molecule has 0 fully saturated rings. The average Bonchev–Trinajstić information content (AvgIpc) is 3.18. The Kier molecular flexibility index (Phi) is 4.29. The number of anilines is 1. The van der Waals surface area contributed by atoms with E-state index < -0.39 is 12.1 Å². The minimum absolute atomic E-state index is 0.0765. The number of carboxylic acids is 1. The summed E-state index contributed by atoms with van der Waals surface area (Å²) in [5.74, 6) is -1.44. The number of amides is 1. The summed E-state index contributed by atoms with van der Waals surface area (Å²) in [6.45, 7) is 0.133. The summed E-state index contributed by atoms with van der Waals surface area (Å²) in [4.78, 5) is 23.1. The Hall–Kier alpha value is -3.32. The van der Waals surface area contributed by atoms with Crippen LogP contribution in [0.4, 0.5) is 10.6 Å². The minimum Gasteiger partial charge on any atom is -0.476 e. The van der Waals surface area contributed by atoms with Crippen LogP contribution in [0.3, 0.4) is 0 Å². The molecule has 1 heterocycles. The quantitative estimate of drug-likeness (QED) is 0.628. The second kappa shape index (κ2) is 6.77. The largest absolute Gasteiger partial charge is 0.476 e. The molecule has 0 spiro atoms. The first kappa shape index (κ1) is 17.1. The number of nitrogens with one attached hydrogen (secondary N) is 2. The second-order valence-corrected chi connectivity index (χ2v) is 6.39. The van der Waals surface area contributed by atoms with Crippen LogP contribution >= 0.6 is 11.6 Å². The number of benzene rings is 2. The normalized spacial score (nSPS) is 12.3. The van der Waals surface area contributed by atoms with Gasteiger partial charge in [0.25, 0.3) is 0 Å². The van der Waals surface area contributed by atoms with Gasteiger partial charge < -0.3 is 9.84 Å². The summed E-state index contributed by atoms with van der Waals surface area (Å²) >= 11 is 5.88. The van der Waals surface area contributed by atoms with Gasteiger partial charge in [-0.2, -0.15) is 5.10 Å². The predicted octanol–water partition coefficient (Wildman–Crippen LogP) is 4.12. The Morgan fingerprint density at radius 2 is 1.70 bits per heavy atom. The molecule has 0 saturated carbocycles. The van der Waals surface area contributed by atoms with Crippen molar-refractivity contribution in [3.8, 4) is 11.1 Å². The van der Waals surface area contributed by atoms with E-state index in [2.05, 4.69) is 15.5 Å². The summed E-state index contributed by atoms with van der Waals surface area (Å²) in [6.07, 6.45) is -0.762. The standard InChI is InChI=1S/C19H14ClN3O4/c20-15-16(18(24)25)22-23-17(15)21-19(26)27-9-14-12-7-3-1-5-10(12)11-6-2-4-8-13(11)14/h1-8,14H,9H2,(H,24,25)(H2,21,22,23,26). The average molecular weight is 384 g/mol. The molecular formula is C19H14ClN3O4. The van der Waals surface area contributed by atoms with E-state index in [-0.39, 0.29) is 29.1 Å². The molecule has 27 heavy (non-hydrogen) atoms. The summed E-state index contributed by atoms with van der Waals surface area (Å²) in [7, 11) is 0. The maximum atomic E-state index is 12.1. The lowest BCUT2D eigenvalue weighted by Crippen LogP contribution is -2.18. The van der Waals surface area contributed by atoms with Crippen LogP contribution in [-0.4, -0.2) is 34.0 Å². The second-order valence-electron chi connectivity index (χ2n) is 6.02. The lowest BCUT2D eigenvalue weighted by atomic mass is 9.98. The first-order chi connectivity index (χ1) is 13.1. The van der Waals surface area contributed by atoms with Gasteiger partial charge in [-0.3, -0.25) is 10.4 Å². The van der Waals surface area contributed by atoms with Gasteiger partial charge in [0.1, 0.15) is 11.6 Å². The van der Waals surface area contributed by atoms with E-state index in [1.54, 1.807) is 0 Å². The number of rotatable bonds is 4. The summed E-state index contributed by atoms with van der Waals surface area (Å²) in [6, 6.07) is 16.0. The number of fused-ring (bicyclic) bond motifs is 3. The Balaban J connectivity index is 1.49. The molecule has 7 nitrogen and oxygen atoms in total. The zero-order valence-electron chi connectivity index (χ0n) is 13.9. The Morgan fingerprint density at radius 1 is 1.11 bits per heavy atom. The number of hydrogen-bond donors (Lipinski definition) is 3. The van der Waals surface area contributed by atoms with E-state index >= 15 is 0 Å². The number of ether oxygens (including phenoxy) is 1. The highest BCUT2D eigenvalue weighted by molar-refractivity contribution is 6.36. The SMILES string of the molecule is O=C(Nc1n[nH]c(C(=O)O)c1Cl)OCC1c2ccccc2-c2ccccc21. The molecule has 0 aliphatic heterocycles. The highest BCUT2D eigenvalue weighted by Crippen LogP contribution is 2.44. The number of carboxylic acid groups (broad SMARTS) is 1. The topological polar surface area (TPSA) is 104 Å². The number of hydrogen-bond acceptors (Lipinski definition) is 4. The molecule has 0 atom stereocenters.